The molecule has 2 N–H and O–H groups in total. The Kier molecular flexibility index (Phi) is 8.51. The van der Waals surface area contributed by atoms with Crippen molar-refractivity contribution in [2.45, 2.75) is 46.1 Å². The van der Waals surface area contributed by atoms with Crippen LogP contribution in [-0.4, -0.2) is 31.7 Å². The summed E-state index contributed by atoms with van der Waals surface area (Å²) in [5.41, 5.74) is 1.76. The highest BCUT2D eigenvalue weighted by Crippen LogP contribution is 2.09. The predicted molar refractivity (Wildman–Crippen MR) is 87.9 cm³/mol. The Morgan fingerprint density at radius 2 is 1.86 bits per heavy atom. The number of hydrogen-bond donors (Lipinski definition) is 2. The van der Waals surface area contributed by atoms with Gasteiger partial charge in [0.05, 0.1) is 6.10 Å². The number of ether oxygens (including phenoxy) is 1. The van der Waals surface area contributed by atoms with Crippen LogP contribution in [0.25, 0.3) is 0 Å². The summed E-state index contributed by atoms with van der Waals surface area (Å²) in [6.07, 6.45) is 3.27. The molecule has 0 saturated carbocycles. The van der Waals surface area contributed by atoms with E-state index >= 15 is 0 Å². The van der Waals surface area contributed by atoms with Crippen LogP contribution in [0, 0.1) is 0 Å². The lowest BCUT2D eigenvalue weighted by atomic mass is 10.2. The molecule has 0 radical (unpaired) electrons. The molecule has 1 aromatic rings. The molecule has 0 atom stereocenters. The Morgan fingerprint density at radius 3 is 2.48 bits per heavy atom. The van der Waals surface area contributed by atoms with Crippen LogP contribution in [0.4, 0.5) is 5.69 Å². The molecule has 0 aliphatic rings. The van der Waals surface area contributed by atoms with Crippen molar-refractivity contribution in [1.29, 1.82) is 0 Å². The van der Waals surface area contributed by atoms with Crippen LogP contribution in [-0.2, 0) is 4.74 Å². The van der Waals surface area contributed by atoms with Crippen molar-refractivity contribution in [2.75, 3.05) is 25.0 Å². The summed E-state index contributed by atoms with van der Waals surface area (Å²) in [7, 11) is 0. The second-order valence-corrected chi connectivity index (χ2v) is 5.39. The third kappa shape index (κ3) is 7.71. The van der Waals surface area contributed by atoms with E-state index in [4.69, 9.17) is 4.74 Å². The number of hydrogen-bond acceptors (Lipinski definition) is 3. The summed E-state index contributed by atoms with van der Waals surface area (Å²) in [5, 5.41) is 6.23. The minimum absolute atomic E-state index is 0.0122. The first-order valence-corrected chi connectivity index (χ1v) is 7.87. The first-order valence-electron chi connectivity index (χ1n) is 7.87. The summed E-state index contributed by atoms with van der Waals surface area (Å²) in [6, 6.07) is 7.60. The van der Waals surface area contributed by atoms with E-state index in [0.717, 1.165) is 38.1 Å². The van der Waals surface area contributed by atoms with Crippen molar-refractivity contribution >= 4 is 11.6 Å². The average Bonchev–Trinajstić information content (AvgIpc) is 2.48. The summed E-state index contributed by atoms with van der Waals surface area (Å²) in [4.78, 5) is 11.9. The highest BCUT2D eigenvalue weighted by Gasteiger charge is 2.04. The first-order chi connectivity index (χ1) is 10.1. The second-order valence-electron chi connectivity index (χ2n) is 5.39. The third-order valence-electron chi connectivity index (χ3n) is 3.03. The molecule has 21 heavy (non-hydrogen) atoms. The molecule has 1 aromatic carbocycles. The largest absolute Gasteiger partial charge is 0.385 e. The second kappa shape index (κ2) is 10.2. The van der Waals surface area contributed by atoms with Crippen LogP contribution < -0.4 is 10.6 Å². The van der Waals surface area contributed by atoms with Crippen LogP contribution in [0.1, 0.15) is 50.4 Å². The molecule has 0 aliphatic heterocycles. The van der Waals surface area contributed by atoms with E-state index in [1.165, 1.54) is 0 Å². The lowest BCUT2D eigenvalue weighted by Gasteiger charge is -2.09. The van der Waals surface area contributed by atoms with E-state index in [0.29, 0.717) is 12.1 Å². The van der Waals surface area contributed by atoms with Crippen LogP contribution >= 0.6 is 0 Å². The summed E-state index contributed by atoms with van der Waals surface area (Å²) in [5.74, 6) is -0.0122. The van der Waals surface area contributed by atoms with Crippen molar-refractivity contribution in [3.05, 3.63) is 29.8 Å². The zero-order valence-electron chi connectivity index (χ0n) is 13.4. The fourth-order valence-corrected chi connectivity index (χ4v) is 1.86. The molecule has 0 aromatic heterocycles. The van der Waals surface area contributed by atoms with Crippen LogP contribution in [0.3, 0.4) is 0 Å². The monoisotopic (exact) mass is 292 g/mol. The minimum atomic E-state index is -0.0122. The number of amides is 1. The molecule has 4 heteroatoms. The van der Waals surface area contributed by atoms with Gasteiger partial charge in [0.15, 0.2) is 0 Å². The van der Waals surface area contributed by atoms with Crippen LogP contribution in [0.5, 0.6) is 0 Å². The summed E-state index contributed by atoms with van der Waals surface area (Å²) in [6.45, 7) is 8.58. The van der Waals surface area contributed by atoms with Crippen molar-refractivity contribution in [2.24, 2.45) is 0 Å². The highest BCUT2D eigenvalue weighted by atomic mass is 16.5. The predicted octanol–water partition coefficient (Wildman–Crippen LogP) is 3.44. The maximum Gasteiger partial charge on any atom is 0.251 e. The number of benzene rings is 1. The van der Waals surface area contributed by atoms with Gasteiger partial charge in [0, 0.05) is 30.9 Å². The normalized spacial score (nSPS) is 10.7. The number of rotatable bonds is 10. The van der Waals surface area contributed by atoms with Gasteiger partial charge in [-0.25, -0.2) is 0 Å². The lowest BCUT2D eigenvalue weighted by Crippen LogP contribution is -2.24. The Morgan fingerprint density at radius 1 is 1.14 bits per heavy atom. The molecule has 4 nitrogen and oxygen atoms in total. The first kappa shape index (κ1) is 17.5. The van der Waals surface area contributed by atoms with E-state index in [9.17, 15) is 4.79 Å². The SMILES string of the molecule is CCCNc1ccc(C(=O)NCCCCOC(C)C)cc1. The minimum Gasteiger partial charge on any atom is -0.385 e. The van der Waals surface area contributed by atoms with E-state index < -0.39 is 0 Å². The van der Waals surface area contributed by atoms with Gasteiger partial charge < -0.3 is 15.4 Å². The van der Waals surface area contributed by atoms with Gasteiger partial charge in [0.25, 0.3) is 5.91 Å². The number of carbonyl (C=O) groups excluding carboxylic acids is 1. The lowest BCUT2D eigenvalue weighted by molar-refractivity contribution is 0.0754. The van der Waals surface area contributed by atoms with Crippen molar-refractivity contribution in [3.8, 4) is 0 Å². The van der Waals surface area contributed by atoms with E-state index in [-0.39, 0.29) is 12.0 Å². The van der Waals surface area contributed by atoms with Crippen molar-refractivity contribution in [1.82, 2.24) is 5.32 Å². The number of nitrogens with one attached hydrogen (secondary N) is 2. The van der Waals surface area contributed by atoms with E-state index in [2.05, 4.69) is 17.6 Å². The third-order valence-corrected chi connectivity index (χ3v) is 3.03. The van der Waals surface area contributed by atoms with Crippen molar-refractivity contribution in [3.63, 3.8) is 0 Å². The smallest absolute Gasteiger partial charge is 0.251 e. The van der Waals surface area contributed by atoms with Gasteiger partial charge in [0.2, 0.25) is 0 Å². The Bertz CT molecular complexity index is 402. The number of unbranched alkanes of at least 4 members (excludes halogenated alkanes) is 1. The fraction of sp³-hybridized carbons (Fsp3) is 0.588. The van der Waals surface area contributed by atoms with Gasteiger partial charge in [-0.3, -0.25) is 4.79 Å². The summed E-state index contributed by atoms with van der Waals surface area (Å²) < 4.78 is 5.46. The maximum absolute atomic E-state index is 11.9. The average molecular weight is 292 g/mol. The van der Waals surface area contributed by atoms with Gasteiger partial charge in [-0.2, -0.15) is 0 Å². The molecule has 0 bridgehead atoms. The van der Waals surface area contributed by atoms with Crippen LogP contribution in [0.15, 0.2) is 24.3 Å². The van der Waals surface area contributed by atoms with E-state index in [1.807, 2.05) is 38.1 Å². The van der Waals surface area contributed by atoms with Gasteiger partial charge in [-0.1, -0.05) is 6.92 Å². The molecule has 0 spiro atoms. The van der Waals surface area contributed by atoms with Crippen molar-refractivity contribution < 1.29 is 9.53 Å². The van der Waals surface area contributed by atoms with Gasteiger partial charge in [0.1, 0.15) is 0 Å². The van der Waals surface area contributed by atoms with Gasteiger partial charge in [-0.05, 0) is 57.4 Å². The summed E-state index contributed by atoms with van der Waals surface area (Å²) >= 11 is 0. The molecular formula is C17H28N2O2. The topological polar surface area (TPSA) is 50.4 Å². The zero-order chi connectivity index (χ0) is 15.5. The fourth-order valence-electron chi connectivity index (χ4n) is 1.86. The molecule has 1 amide bonds. The van der Waals surface area contributed by atoms with Gasteiger partial charge in [-0.15, -0.1) is 0 Å². The quantitative estimate of drug-likeness (QED) is 0.649. The molecule has 0 unspecified atom stereocenters. The molecule has 0 fully saturated rings. The Labute approximate surface area is 128 Å². The molecule has 0 heterocycles. The number of carbonyl (C=O) groups is 1. The molecule has 118 valence electrons. The molecule has 1 rings (SSSR count). The standard InChI is InChI=1S/C17H28N2O2/c1-4-11-18-16-9-7-15(8-10-16)17(20)19-12-5-6-13-21-14(2)3/h7-10,14,18H,4-6,11-13H2,1-3H3,(H,19,20). The zero-order valence-corrected chi connectivity index (χ0v) is 13.4. The molecule has 0 saturated heterocycles. The number of anilines is 1. The Hall–Kier alpha value is -1.55. The Balaban J connectivity index is 2.22. The highest BCUT2D eigenvalue weighted by molar-refractivity contribution is 5.94. The molecular weight excluding hydrogens is 264 g/mol. The van der Waals surface area contributed by atoms with Gasteiger partial charge >= 0.3 is 0 Å². The maximum atomic E-state index is 11.9. The van der Waals surface area contributed by atoms with E-state index in [1.54, 1.807) is 0 Å². The van der Waals surface area contributed by atoms with Crippen LogP contribution in [0.2, 0.25) is 0 Å². The molecule has 0 aliphatic carbocycles.